The average molecular weight is 307 g/mol. The number of hydrogen-bond acceptors (Lipinski definition) is 3. The number of rotatable bonds is 3. The molecule has 0 aliphatic heterocycles. The zero-order chi connectivity index (χ0) is 16.6. The number of aryl methyl sites for hydroxylation is 3. The summed E-state index contributed by atoms with van der Waals surface area (Å²) in [4.78, 5) is 11.8. The van der Waals surface area contributed by atoms with E-state index < -0.39 is 0 Å². The molecular formula is C20H21NO2. The molecule has 2 aromatic carbocycles. The highest BCUT2D eigenvalue weighted by molar-refractivity contribution is 5.82. The number of hydrogen-bond donors (Lipinski definition) is 1. The second-order valence-electron chi connectivity index (χ2n) is 6.12. The molecule has 1 N–H and O–H groups in total. The van der Waals surface area contributed by atoms with Gasteiger partial charge in [0.2, 0.25) is 0 Å². The van der Waals surface area contributed by atoms with Crippen LogP contribution in [-0.4, -0.2) is 0 Å². The summed E-state index contributed by atoms with van der Waals surface area (Å²) in [5, 5.41) is 4.43. The molecule has 3 rings (SSSR count). The minimum absolute atomic E-state index is 0.307. The van der Waals surface area contributed by atoms with Crippen LogP contribution in [-0.2, 0) is 6.54 Å². The van der Waals surface area contributed by atoms with Crippen molar-refractivity contribution in [3.63, 3.8) is 0 Å². The van der Waals surface area contributed by atoms with Crippen molar-refractivity contribution in [1.29, 1.82) is 0 Å². The van der Waals surface area contributed by atoms with Gasteiger partial charge in [0.1, 0.15) is 5.58 Å². The molecule has 0 aliphatic rings. The van der Waals surface area contributed by atoms with Gasteiger partial charge in [0.15, 0.2) is 0 Å². The van der Waals surface area contributed by atoms with E-state index in [1.165, 1.54) is 16.7 Å². The first-order valence-electron chi connectivity index (χ1n) is 7.80. The summed E-state index contributed by atoms with van der Waals surface area (Å²) in [6, 6.07) is 11.8. The third-order valence-electron chi connectivity index (χ3n) is 4.52. The van der Waals surface area contributed by atoms with E-state index in [2.05, 4.69) is 44.3 Å². The summed E-state index contributed by atoms with van der Waals surface area (Å²) in [6.45, 7) is 8.88. The van der Waals surface area contributed by atoms with Crippen molar-refractivity contribution in [3.8, 4) is 0 Å². The van der Waals surface area contributed by atoms with E-state index in [4.69, 9.17) is 4.42 Å². The molecule has 23 heavy (non-hydrogen) atoms. The smallest absolute Gasteiger partial charge is 0.336 e. The van der Waals surface area contributed by atoms with Gasteiger partial charge in [-0.25, -0.2) is 4.79 Å². The third-order valence-corrected chi connectivity index (χ3v) is 4.52. The zero-order valence-corrected chi connectivity index (χ0v) is 14.0. The van der Waals surface area contributed by atoms with Crippen LogP contribution in [0.3, 0.4) is 0 Å². The SMILES string of the molecule is Cc1cc2oc(=O)cc(CNc3cccc(C)c3C)c2cc1C. The lowest BCUT2D eigenvalue weighted by molar-refractivity contribution is 0.559. The minimum atomic E-state index is -0.307. The summed E-state index contributed by atoms with van der Waals surface area (Å²) in [7, 11) is 0. The molecule has 0 amide bonds. The fourth-order valence-electron chi connectivity index (χ4n) is 2.76. The largest absolute Gasteiger partial charge is 0.423 e. The number of fused-ring (bicyclic) bond motifs is 1. The molecule has 3 nitrogen and oxygen atoms in total. The van der Waals surface area contributed by atoms with E-state index in [1.54, 1.807) is 6.07 Å². The van der Waals surface area contributed by atoms with E-state index in [1.807, 2.05) is 19.1 Å². The summed E-state index contributed by atoms with van der Waals surface area (Å²) in [5.41, 5.74) is 7.19. The molecule has 0 saturated carbocycles. The summed E-state index contributed by atoms with van der Waals surface area (Å²) in [6.07, 6.45) is 0. The van der Waals surface area contributed by atoms with E-state index >= 15 is 0 Å². The van der Waals surface area contributed by atoms with Crippen LogP contribution in [0.15, 0.2) is 45.6 Å². The van der Waals surface area contributed by atoms with E-state index in [0.29, 0.717) is 12.1 Å². The number of nitrogens with one attached hydrogen (secondary N) is 1. The van der Waals surface area contributed by atoms with Gasteiger partial charge in [-0.2, -0.15) is 0 Å². The maximum absolute atomic E-state index is 11.8. The predicted molar refractivity (Wildman–Crippen MR) is 95.2 cm³/mol. The van der Waals surface area contributed by atoms with Crippen molar-refractivity contribution in [2.45, 2.75) is 34.2 Å². The van der Waals surface area contributed by atoms with Gasteiger partial charge in [-0.05, 0) is 73.7 Å². The van der Waals surface area contributed by atoms with Crippen molar-refractivity contribution in [2.24, 2.45) is 0 Å². The number of anilines is 1. The molecular weight excluding hydrogens is 286 g/mol. The lowest BCUT2D eigenvalue weighted by Crippen LogP contribution is -2.07. The fourth-order valence-corrected chi connectivity index (χ4v) is 2.76. The van der Waals surface area contributed by atoms with Crippen LogP contribution >= 0.6 is 0 Å². The Bertz CT molecular complexity index is 938. The van der Waals surface area contributed by atoms with Gasteiger partial charge < -0.3 is 9.73 Å². The molecule has 0 radical (unpaired) electrons. The van der Waals surface area contributed by atoms with Crippen LogP contribution in [0.25, 0.3) is 11.0 Å². The lowest BCUT2D eigenvalue weighted by Gasteiger charge is -2.13. The fraction of sp³-hybridized carbons (Fsp3) is 0.250. The third kappa shape index (κ3) is 3.00. The first-order chi connectivity index (χ1) is 11.0. The number of benzene rings is 2. The standard InChI is InChI=1S/C20H21NO2/c1-12-6-5-7-18(15(12)4)21-11-16-10-20(22)23-19-9-14(3)13(2)8-17(16)19/h5-10,21H,11H2,1-4H3. The Balaban J connectivity index is 2.01. The normalized spacial score (nSPS) is 11.0. The van der Waals surface area contributed by atoms with E-state index in [9.17, 15) is 4.79 Å². The highest BCUT2D eigenvalue weighted by Crippen LogP contribution is 2.24. The van der Waals surface area contributed by atoms with E-state index in [0.717, 1.165) is 22.2 Å². The average Bonchev–Trinajstić information content (AvgIpc) is 2.50. The van der Waals surface area contributed by atoms with Gasteiger partial charge in [-0.15, -0.1) is 0 Å². The molecule has 3 aromatic rings. The summed E-state index contributed by atoms with van der Waals surface area (Å²) < 4.78 is 5.35. The Morgan fingerprint density at radius 1 is 0.957 bits per heavy atom. The van der Waals surface area contributed by atoms with Crippen LogP contribution in [0.1, 0.15) is 27.8 Å². The highest BCUT2D eigenvalue weighted by atomic mass is 16.4. The molecule has 0 saturated heterocycles. The topological polar surface area (TPSA) is 42.2 Å². The second-order valence-corrected chi connectivity index (χ2v) is 6.12. The van der Waals surface area contributed by atoms with Crippen LogP contribution in [0.5, 0.6) is 0 Å². The maximum atomic E-state index is 11.8. The van der Waals surface area contributed by atoms with E-state index in [-0.39, 0.29) is 5.63 Å². The molecule has 1 aromatic heterocycles. The van der Waals surface area contributed by atoms with Gasteiger partial charge in [0.05, 0.1) is 0 Å². The molecule has 0 unspecified atom stereocenters. The van der Waals surface area contributed by atoms with Crippen LogP contribution in [0, 0.1) is 27.7 Å². The lowest BCUT2D eigenvalue weighted by atomic mass is 10.0. The highest BCUT2D eigenvalue weighted by Gasteiger charge is 2.08. The van der Waals surface area contributed by atoms with Gasteiger partial charge in [-0.3, -0.25) is 0 Å². The van der Waals surface area contributed by atoms with Crippen LogP contribution in [0.2, 0.25) is 0 Å². The first kappa shape index (κ1) is 15.3. The Morgan fingerprint density at radius 2 is 1.70 bits per heavy atom. The first-order valence-corrected chi connectivity index (χ1v) is 7.80. The molecule has 0 bridgehead atoms. The van der Waals surface area contributed by atoms with Gasteiger partial charge >= 0.3 is 5.63 Å². The minimum Gasteiger partial charge on any atom is -0.423 e. The van der Waals surface area contributed by atoms with Crippen LogP contribution in [0.4, 0.5) is 5.69 Å². The Morgan fingerprint density at radius 3 is 2.48 bits per heavy atom. The molecule has 0 atom stereocenters. The zero-order valence-electron chi connectivity index (χ0n) is 14.0. The molecule has 3 heteroatoms. The van der Waals surface area contributed by atoms with Crippen molar-refractivity contribution in [1.82, 2.24) is 0 Å². The Hall–Kier alpha value is -2.55. The second kappa shape index (κ2) is 5.92. The molecule has 118 valence electrons. The van der Waals surface area contributed by atoms with Crippen molar-refractivity contribution >= 4 is 16.7 Å². The summed E-state index contributed by atoms with van der Waals surface area (Å²) >= 11 is 0. The molecule has 0 spiro atoms. The van der Waals surface area contributed by atoms with Crippen molar-refractivity contribution < 1.29 is 4.42 Å². The van der Waals surface area contributed by atoms with Crippen molar-refractivity contribution in [3.05, 3.63) is 74.6 Å². The Labute approximate surface area is 136 Å². The van der Waals surface area contributed by atoms with Gasteiger partial charge in [-0.1, -0.05) is 12.1 Å². The summed E-state index contributed by atoms with van der Waals surface area (Å²) in [5.74, 6) is 0. The van der Waals surface area contributed by atoms with Crippen molar-refractivity contribution in [2.75, 3.05) is 5.32 Å². The maximum Gasteiger partial charge on any atom is 0.336 e. The van der Waals surface area contributed by atoms with Gasteiger partial charge in [0, 0.05) is 23.7 Å². The quantitative estimate of drug-likeness (QED) is 0.717. The molecule has 0 fully saturated rings. The van der Waals surface area contributed by atoms with Gasteiger partial charge in [0.25, 0.3) is 0 Å². The van der Waals surface area contributed by atoms with Crippen LogP contribution < -0.4 is 10.9 Å². The predicted octanol–water partition coefficient (Wildman–Crippen LogP) is 4.64. The molecule has 1 heterocycles. The molecule has 0 aliphatic carbocycles. The Kier molecular flexibility index (Phi) is 3.95. The monoisotopic (exact) mass is 307 g/mol.